The zero-order valence-electron chi connectivity index (χ0n) is 12.9. The molecule has 0 aromatic heterocycles. The van der Waals surface area contributed by atoms with Crippen LogP contribution in [0.2, 0.25) is 0 Å². The predicted molar refractivity (Wildman–Crippen MR) is 77.9 cm³/mol. The summed E-state index contributed by atoms with van der Waals surface area (Å²) in [5, 5.41) is 3.09. The highest BCUT2D eigenvalue weighted by Crippen LogP contribution is 2.23. The summed E-state index contributed by atoms with van der Waals surface area (Å²) in [6, 6.07) is 0. The number of carbonyl (C=O) groups is 1. The molecule has 4 heteroatoms. The molecule has 1 saturated heterocycles. The molecule has 0 saturated carbocycles. The van der Waals surface area contributed by atoms with Crippen LogP contribution < -0.4 is 11.1 Å². The van der Waals surface area contributed by atoms with Crippen LogP contribution in [0.5, 0.6) is 0 Å². The Balaban J connectivity index is 2.32. The summed E-state index contributed by atoms with van der Waals surface area (Å²) in [5.74, 6) is 0.615. The van der Waals surface area contributed by atoms with Crippen LogP contribution >= 0.6 is 0 Å². The maximum Gasteiger partial charge on any atom is 0.220 e. The molecule has 1 rings (SSSR count). The van der Waals surface area contributed by atoms with Gasteiger partial charge in [0.1, 0.15) is 0 Å². The van der Waals surface area contributed by atoms with E-state index in [1.165, 1.54) is 0 Å². The third-order valence-corrected chi connectivity index (χ3v) is 3.76. The van der Waals surface area contributed by atoms with Gasteiger partial charge in [0.2, 0.25) is 5.91 Å². The summed E-state index contributed by atoms with van der Waals surface area (Å²) in [7, 11) is 0. The summed E-state index contributed by atoms with van der Waals surface area (Å²) in [6.07, 6.45) is 5.06. The van der Waals surface area contributed by atoms with Gasteiger partial charge in [-0.1, -0.05) is 13.8 Å². The number of hydrogen-bond donors (Lipinski definition) is 2. The van der Waals surface area contributed by atoms with E-state index in [-0.39, 0.29) is 17.6 Å². The second kappa shape index (κ2) is 7.25. The van der Waals surface area contributed by atoms with Crippen molar-refractivity contribution in [1.29, 1.82) is 0 Å². The van der Waals surface area contributed by atoms with Crippen molar-refractivity contribution in [2.45, 2.75) is 77.5 Å². The van der Waals surface area contributed by atoms with E-state index < -0.39 is 0 Å². The number of hydrogen-bond acceptors (Lipinski definition) is 3. The van der Waals surface area contributed by atoms with Gasteiger partial charge in [0.15, 0.2) is 0 Å². The van der Waals surface area contributed by atoms with Gasteiger partial charge in [-0.3, -0.25) is 4.79 Å². The number of nitrogens with one attached hydrogen (secondary N) is 1. The molecular formula is C15H30N2O2. The van der Waals surface area contributed by atoms with E-state index in [4.69, 9.17) is 10.5 Å². The highest BCUT2D eigenvalue weighted by Gasteiger charge is 2.27. The van der Waals surface area contributed by atoms with Crippen molar-refractivity contribution in [3.63, 3.8) is 0 Å². The second-order valence-electron chi connectivity index (χ2n) is 6.60. The lowest BCUT2D eigenvalue weighted by atomic mass is 9.90. The van der Waals surface area contributed by atoms with Crippen LogP contribution in [0.4, 0.5) is 0 Å². The third-order valence-electron chi connectivity index (χ3n) is 3.76. The van der Waals surface area contributed by atoms with Gasteiger partial charge in [-0.2, -0.15) is 0 Å². The molecule has 4 nitrogen and oxygen atoms in total. The largest absolute Gasteiger partial charge is 0.375 e. The number of nitrogens with two attached hydrogens (primary N) is 1. The van der Waals surface area contributed by atoms with Gasteiger partial charge in [0.25, 0.3) is 0 Å². The van der Waals surface area contributed by atoms with Gasteiger partial charge in [-0.15, -0.1) is 0 Å². The zero-order chi connectivity index (χ0) is 14.5. The quantitative estimate of drug-likeness (QED) is 0.745. The molecule has 1 aliphatic heterocycles. The summed E-state index contributed by atoms with van der Waals surface area (Å²) in [6.45, 7) is 8.89. The first kappa shape index (κ1) is 16.4. The molecule has 19 heavy (non-hydrogen) atoms. The van der Waals surface area contributed by atoms with E-state index in [9.17, 15) is 4.79 Å². The molecule has 1 heterocycles. The monoisotopic (exact) mass is 270 g/mol. The first-order chi connectivity index (χ1) is 8.84. The minimum atomic E-state index is -0.283. The molecule has 112 valence electrons. The normalized spacial score (nSPS) is 26.4. The molecule has 0 aromatic carbocycles. The Hall–Kier alpha value is -0.610. The molecule has 1 fully saturated rings. The van der Waals surface area contributed by atoms with Crippen LogP contribution in [0.15, 0.2) is 0 Å². The van der Waals surface area contributed by atoms with E-state index in [0.717, 1.165) is 25.7 Å². The van der Waals surface area contributed by atoms with E-state index >= 15 is 0 Å². The number of rotatable bonds is 7. The van der Waals surface area contributed by atoms with Gasteiger partial charge in [0, 0.05) is 18.5 Å². The maximum atomic E-state index is 12.0. The van der Waals surface area contributed by atoms with Crippen molar-refractivity contribution in [2.24, 2.45) is 11.7 Å². The van der Waals surface area contributed by atoms with Crippen molar-refractivity contribution >= 4 is 5.91 Å². The maximum absolute atomic E-state index is 12.0. The minimum Gasteiger partial charge on any atom is -0.375 e. The summed E-state index contributed by atoms with van der Waals surface area (Å²) < 4.78 is 5.73. The van der Waals surface area contributed by atoms with E-state index in [1.807, 2.05) is 6.92 Å². The molecule has 0 aromatic rings. The predicted octanol–water partition coefficient (Wildman–Crippen LogP) is 2.21. The molecule has 1 aliphatic rings. The fourth-order valence-corrected chi connectivity index (χ4v) is 2.88. The molecule has 0 bridgehead atoms. The molecule has 0 aliphatic carbocycles. The lowest BCUT2D eigenvalue weighted by molar-refractivity contribution is -0.123. The van der Waals surface area contributed by atoms with Crippen LogP contribution in [-0.4, -0.2) is 30.2 Å². The number of amides is 1. The van der Waals surface area contributed by atoms with Gasteiger partial charge < -0.3 is 15.8 Å². The Labute approximate surface area is 117 Å². The van der Waals surface area contributed by atoms with Gasteiger partial charge in [0.05, 0.1) is 12.2 Å². The van der Waals surface area contributed by atoms with E-state index in [2.05, 4.69) is 26.1 Å². The van der Waals surface area contributed by atoms with Crippen molar-refractivity contribution < 1.29 is 9.53 Å². The van der Waals surface area contributed by atoms with Crippen molar-refractivity contribution in [3.05, 3.63) is 0 Å². The molecule has 3 unspecified atom stereocenters. The van der Waals surface area contributed by atoms with Gasteiger partial charge in [-0.25, -0.2) is 0 Å². The Morgan fingerprint density at radius 1 is 1.47 bits per heavy atom. The highest BCUT2D eigenvalue weighted by atomic mass is 16.5. The summed E-state index contributed by atoms with van der Waals surface area (Å²) in [5.41, 5.74) is 5.52. The fraction of sp³-hybridized carbons (Fsp3) is 0.933. The van der Waals surface area contributed by atoms with Gasteiger partial charge in [-0.05, 0) is 45.4 Å². The van der Waals surface area contributed by atoms with Crippen LogP contribution in [0.3, 0.4) is 0 Å². The number of ether oxygens (including phenoxy) is 1. The summed E-state index contributed by atoms with van der Waals surface area (Å²) in [4.78, 5) is 12.0. The topological polar surface area (TPSA) is 64.3 Å². The third kappa shape index (κ3) is 5.91. The highest BCUT2D eigenvalue weighted by molar-refractivity contribution is 5.76. The Kier molecular flexibility index (Phi) is 6.27. The van der Waals surface area contributed by atoms with Crippen molar-refractivity contribution in [2.75, 3.05) is 6.54 Å². The van der Waals surface area contributed by atoms with Crippen LogP contribution in [0, 0.1) is 5.92 Å². The van der Waals surface area contributed by atoms with Crippen molar-refractivity contribution in [3.8, 4) is 0 Å². The van der Waals surface area contributed by atoms with E-state index in [1.54, 1.807) is 0 Å². The standard InChI is InChI=1S/C15H30N2O2/c1-11(2)9-15(4,10-16)17-14(18)8-7-13-6-5-12(3)19-13/h11-13H,5-10,16H2,1-4H3,(H,17,18). The Bertz CT molecular complexity index is 294. The summed E-state index contributed by atoms with van der Waals surface area (Å²) >= 11 is 0. The molecule has 3 atom stereocenters. The molecule has 1 amide bonds. The zero-order valence-corrected chi connectivity index (χ0v) is 12.9. The average Bonchev–Trinajstić information content (AvgIpc) is 2.71. The molecular weight excluding hydrogens is 240 g/mol. The fourth-order valence-electron chi connectivity index (χ4n) is 2.88. The number of carbonyl (C=O) groups excluding carboxylic acids is 1. The first-order valence-corrected chi connectivity index (χ1v) is 7.51. The lowest BCUT2D eigenvalue weighted by Crippen LogP contribution is -2.52. The average molecular weight is 270 g/mol. The Morgan fingerprint density at radius 3 is 2.63 bits per heavy atom. The van der Waals surface area contributed by atoms with Crippen LogP contribution in [0.25, 0.3) is 0 Å². The molecule has 0 radical (unpaired) electrons. The first-order valence-electron chi connectivity index (χ1n) is 7.51. The minimum absolute atomic E-state index is 0.0942. The SMILES string of the molecule is CC(C)CC(C)(CN)NC(=O)CCC1CCC(C)O1. The second-order valence-corrected chi connectivity index (χ2v) is 6.60. The van der Waals surface area contributed by atoms with Crippen LogP contribution in [-0.2, 0) is 9.53 Å². The molecule has 0 spiro atoms. The smallest absolute Gasteiger partial charge is 0.220 e. The van der Waals surface area contributed by atoms with Crippen LogP contribution in [0.1, 0.15) is 59.8 Å². The van der Waals surface area contributed by atoms with Crippen molar-refractivity contribution in [1.82, 2.24) is 5.32 Å². The Morgan fingerprint density at radius 2 is 2.16 bits per heavy atom. The van der Waals surface area contributed by atoms with Gasteiger partial charge >= 0.3 is 0 Å². The molecule has 3 N–H and O–H groups in total. The van der Waals surface area contributed by atoms with E-state index in [0.29, 0.717) is 25.0 Å². The lowest BCUT2D eigenvalue weighted by Gasteiger charge is -2.31.